The minimum Gasteiger partial charge on any atom is -0.347 e. The highest BCUT2D eigenvalue weighted by atomic mass is 16.7. The van der Waals surface area contributed by atoms with Crippen LogP contribution in [0.4, 0.5) is 0 Å². The molecular formula is C11H24O2. The maximum atomic E-state index is 5.79. The third-order valence-electron chi connectivity index (χ3n) is 1.99. The highest BCUT2D eigenvalue weighted by Crippen LogP contribution is 2.26. The van der Waals surface area contributed by atoms with Gasteiger partial charge in [-0.1, -0.05) is 13.8 Å². The quantitative estimate of drug-likeness (QED) is 0.617. The maximum absolute atomic E-state index is 5.79. The molecular weight excluding hydrogens is 164 g/mol. The Labute approximate surface area is 82.6 Å². The summed E-state index contributed by atoms with van der Waals surface area (Å²) in [5.74, 6) is -0.0974. The molecule has 0 aromatic carbocycles. The zero-order valence-electron chi connectivity index (χ0n) is 10.0. The van der Waals surface area contributed by atoms with Gasteiger partial charge in [0.15, 0.2) is 5.79 Å². The minimum atomic E-state index is -0.456. The van der Waals surface area contributed by atoms with Crippen molar-refractivity contribution in [2.45, 2.75) is 66.5 Å². The van der Waals surface area contributed by atoms with Crippen molar-refractivity contribution >= 4 is 0 Å². The molecule has 80 valence electrons. The molecule has 0 N–H and O–H groups in total. The minimum absolute atomic E-state index is 0.200. The first kappa shape index (κ1) is 12.9. The van der Waals surface area contributed by atoms with E-state index in [0.717, 1.165) is 0 Å². The summed E-state index contributed by atoms with van der Waals surface area (Å²) in [6, 6.07) is 0. The Hall–Kier alpha value is -0.0800. The Kier molecular flexibility index (Phi) is 4.93. The summed E-state index contributed by atoms with van der Waals surface area (Å²) in [7, 11) is 0. The van der Waals surface area contributed by atoms with Crippen molar-refractivity contribution in [1.29, 1.82) is 0 Å². The highest BCUT2D eigenvalue weighted by Gasteiger charge is 2.32. The van der Waals surface area contributed by atoms with E-state index < -0.39 is 5.79 Å². The van der Waals surface area contributed by atoms with Crippen molar-refractivity contribution in [2.24, 2.45) is 5.92 Å². The Morgan fingerprint density at radius 2 is 1.08 bits per heavy atom. The van der Waals surface area contributed by atoms with Crippen LogP contribution in [0.2, 0.25) is 0 Å². The molecule has 0 spiro atoms. The van der Waals surface area contributed by atoms with Crippen molar-refractivity contribution in [3.8, 4) is 0 Å². The van der Waals surface area contributed by atoms with Crippen LogP contribution in [-0.2, 0) is 9.47 Å². The molecule has 2 heteroatoms. The summed E-state index contributed by atoms with van der Waals surface area (Å²) in [6.07, 6.45) is 0.400. The Morgan fingerprint density at radius 3 is 1.23 bits per heavy atom. The van der Waals surface area contributed by atoms with Gasteiger partial charge in [0.05, 0.1) is 12.2 Å². The van der Waals surface area contributed by atoms with E-state index in [0.29, 0.717) is 5.92 Å². The van der Waals surface area contributed by atoms with Crippen LogP contribution in [0.1, 0.15) is 48.5 Å². The standard InChI is InChI=1S/C11H24O2/c1-8(2)11(7,12-9(3)4)13-10(5)6/h8-10H,1-7H3. The number of hydrogen-bond donors (Lipinski definition) is 0. The molecule has 13 heavy (non-hydrogen) atoms. The fourth-order valence-corrected chi connectivity index (χ4v) is 1.24. The summed E-state index contributed by atoms with van der Waals surface area (Å²) < 4.78 is 11.6. The molecule has 0 aliphatic heterocycles. The van der Waals surface area contributed by atoms with Gasteiger partial charge in [-0.25, -0.2) is 0 Å². The van der Waals surface area contributed by atoms with Crippen LogP contribution in [0.15, 0.2) is 0 Å². The van der Waals surface area contributed by atoms with Gasteiger partial charge in [0.1, 0.15) is 0 Å². The molecule has 0 aromatic heterocycles. The molecule has 0 radical (unpaired) electrons. The molecule has 0 aliphatic carbocycles. The van der Waals surface area contributed by atoms with Crippen LogP contribution in [0.25, 0.3) is 0 Å². The summed E-state index contributed by atoms with van der Waals surface area (Å²) in [6.45, 7) is 14.4. The van der Waals surface area contributed by atoms with Crippen molar-refractivity contribution in [3.05, 3.63) is 0 Å². The van der Waals surface area contributed by atoms with Gasteiger partial charge in [-0.2, -0.15) is 0 Å². The molecule has 0 aromatic rings. The molecule has 0 unspecified atom stereocenters. The lowest BCUT2D eigenvalue weighted by Crippen LogP contribution is -2.42. The van der Waals surface area contributed by atoms with E-state index in [1.165, 1.54) is 0 Å². The first-order valence-corrected chi connectivity index (χ1v) is 5.13. The normalized spacial score (nSPS) is 13.4. The van der Waals surface area contributed by atoms with Gasteiger partial charge >= 0.3 is 0 Å². The van der Waals surface area contributed by atoms with E-state index in [9.17, 15) is 0 Å². The average molecular weight is 188 g/mol. The van der Waals surface area contributed by atoms with Crippen molar-refractivity contribution in [2.75, 3.05) is 0 Å². The fourth-order valence-electron chi connectivity index (χ4n) is 1.24. The third kappa shape index (κ3) is 4.63. The molecule has 0 saturated carbocycles. The summed E-state index contributed by atoms with van der Waals surface area (Å²) in [5.41, 5.74) is 0. The van der Waals surface area contributed by atoms with E-state index in [-0.39, 0.29) is 12.2 Å². The number of hydrogen-bond acceptors (Lipinski definition) is 2. The van der Waals surface area contributed by atoms with Crippen LogP contribution in [-0.4, -0.2) is 18.0 Å². The van der Waals surface area contributed by atoms with Gasteiger partial charge in [0, 0.05) is 5.92 Å². The first-order valence-electron chi connectivity index (χ1n) is 5.13. The van der Waals surface area contributed by atoms with Crippen LogP contribution < -0.4 is 0 Å². The molecule has 0 aliphatic rings. The summed E-state index contributed by atoms with van der Waals surface area (Å²) in [5, 5.41) is 0. The second kappa shape index (κ2) is 4.97. The van der Waals surface area contributed by atoms with E-state index >= 15 is 0 Å². The summed E-state index contributed by atoms with van der Waals surface area (Å²) >= 11 is 0. The van der Waals surface area contributed by atoms with Gasteiger partial charge in [-0.15, -0.1) is 0 Å². The van der Waals surface area contributed by atoms with Crippen LogP contribution in [0.5, 0.6) is 0 Å². The van der Waals surface area contributed by atoms with Gasteiger partial charge in [0.25, 0.3) is 0 Å². The van der Waals surface area contributed by atoms with E-state index in [1.807, 2.05) is 34.6 Å². The second-order valence-corrected chi connectivity index (χ2v) is 4.50. The van der Waals surface area contributed by atoms with Crippen molar-refractivity contribution < 1.29 is 9.47 Å². The monoisotopic (exact) mass is 188 g/mol. The second-order valence-electron chi connectivity index (χ2n) is 4.50. The van der Waals surface area contributed by atoms with Gasteiger partial charge < -0.3 is 9.47 Å². The topological polar surface area (TPSA) is 18.5 Å². The van der Waals surface area contributed by atoms with Crippen molar-refractivity contribution in [1.82, 2.24) is 0 Å². The van der Waals surface area contributed by atoms with Crippen LogP contribution >= 0.6 is 0 Å². The van der Waals surface area contributed by atoms with E-state index in [2.05, 4.69) is 13.8 Å². The largest absolute Gasteiger partial charge is 0.347 e. The van der Waals surface area contributed by atoms with Crippen LogP contribution in [0, 0.1) is 5.92 Å². The Balaban J connectivity index is 4.34. The van der Waals surface area contributed by atoms with E-state index in [4.69, 9.17) is 9.47 Å². The lowest BCUT2D eigenvalue weighted by Gasteiger charge is -2.37. The van der Waals surface area contributed by atoms with Crippen molar-refractivity contribution in [3.63, 3.8) is 0 Å². The zero-order chi connectivity index (χ0) is 10.6. The predicted molar refractivity (Wildman–Crippen MR) is 55.7 cm³/mol. The lowest BCUT2D eigenvalue weighted by atomic mass is 10.0. The molecule has 2 nitrogen and oxygen atoms in total. The smallest absolute Gasteiger partial charge is 0.168 e. The zero-order valence-corrected chi connectivity index (χ0v) is 10.0. The average Bonchev–Trinajstić information content (AvgIpc) is 1.82. The molecule has 0 saturated heterocycles. The SMILES string of the molecule is CC(C)OC(C)(OC(C)C)C(C)C. The molecule has 0 bridgehead atoms. The van der Waals surface area contributed by atoms with Crippen LogP contribution in [0.3, 0.4) is 0 Å². The lowest BCUT2D eigenvalue weighted by molar-refractivity contribution is -0.279. The predicted octanol–water partition coefficient (Wildman–Crippen LogP) is 3.21. The van der Waals surface area contributed by atoms with Gasteiger partial charge in [0.2, 0.25) is 0 Å². The summed E-state index contributed by atoms with van der Waals surface area (Å²) in [4.78, 5) is 0. The molecule has 0 rings (SSSR count). The third-order valence-corrected chi connectivity index (χ3v) is 1.99. The highest BCUT2D eigenvalue weighted by molar-refractivity contribution is 4.70. The maximum Gasteiger partial charge on any atom is 0.168 e. The Bertz CT molecular complexity index is 129. The molecule has 0 fully saturated rings. The van der Waals surface area contributed by atoms with Gasteiger partial charge in [-0.05, 0) is 34.6 Å². The van der Waals surface area contributed by atoms with E-state index in [1.54, 1.807) is 0 Å². The fraction of sp³-hybridized carbons (Fsp3) is 1.00. The Morgan fingerprint density at radius 1 is 0.769 bits per heavy atom. The number of rotatable bonds is 5. The number of ether oxygens (including phenoxy) is 2. The van der Waals surface area contributed by atoms with Gasteiger partial charge in [-0.3, -0.25) is 0 Å². The first-order chi connectivity index (χ1) is 5.78. The molecule has 0 amide bonds. The molecule has 0 heterocycles. The molecule has 0 atom stereocenters.